The zero-order chi connectivity index (χ0) is 39.8. The Balaban J connectivity index is 1.03. The summed E-state index contributed by atoms with van der Waals surface area (Å²) in [4.78, 5) is 15.0. The summed E-state index contributed by atoms with van der Waals surface area (Å²) in [7, 11) is 0. The van der Waals surface area contributed by atoms with Crippen LogP contribution in [0.5, 0.6) is 0 Å². The maximum Gasteiger partial charge on any atom is 0.131 e. The third kappa shape index (κ3) is 6.67. The van der Waals surface area contributed by atoms with E-state index < -0.39 is 0 Å². The Morgan fingerprint density at radius 1 is 0.417 bits per heavy atom. The Hall–Kier alpha value is -7.73. The molecule has 1 aliphatic heterocycles. The number of hydrogen-bond donors (Lipinski definition) is 2. The highest BCUT2D eigenvalue weighted by Gasteiger charge is 2.26. The number of hydrogen-bond acceptors (Lipinski definition) is 5. The molecular formula is C55H39N5. The van der Waals surface area contributed by atoms with E-state index in [2.05, 4.69) is 204 Å². The van der Waals surface area contributed by atoms with Crippen molar-refractivity contribution in [3.63, 3.8) is 0 Å². The Kier molecular flexibility index (Phi) is 8.99. The summed E-state index contributed by atoms with van der Waals surface area (Å²) in [6.45, 7) is 0. The molecule has 0 spiro atoms. The van der Waals surface area contributed by atoms with Gasteiger partial charge in [-0.15, -0.1) is 0 Å². The second kappa shape index (κ2) is 15.2. The van der Waals surface area contributed by atoms with Gasteiger partial charge in [0.2, 0.25) is 0 Å². The van der Waals surface area contributed by atoms with Crippen molar-refractivity contribution < 1.29 is 0 Å². The molecule has 0 bridgehead atoms. The Bertz CT molecular complexity index is 3190. The van der Waals surface area contributed by atoms with Gasteiger partial charge in [0.15, 0.2) is 0 Å². The first-order valence-corrected chi connectivity index (χ1v) is 20.4. The van der Waals surface area contributed by atoms with E-state index in [9.17, 15) is 0 Å². The molecule has 11 rings (SSSR count). The van der Waals surface area contributed by atoms with Gasteiger partial charge in [-0.3, -0.25) is 10.3 Å². The molecule has 0 aliphatic carbocycles. The van der Waals surface area contributed by atoms with Crippen molar-refractivity contribution in [2.45, 2.75) is 12.3 Å². The molecule has 0 saturated heterocycles. The topological polar surface area (TPSA) is 62.2 Å². The summed E-state index contributed by atoms with van der Waals surface area (Å²) >= 11 is 0. The SMILES string of the molecule is c1ccc(C2=NC(c3cc(-c4ccc(-c5cccc6ccccc56)cc4)cc(-c4ccc(-c5nc6ccccc6c6ccncc56)cc4)c3)NC(c3ccccc3)N2)cc1. The van der Waals surface area contributed by atoms with Gasteiger partial charge < -0.3 is 5.32 Å². The van der Waals surface area contributed by atoms with Crippen LogP contribution in [0.4, 0.5) is 0 Å². The van der Waals surface area contributed by atoms with E-state index in [1.165, 1.54) is 21.9 Å². The number of para-hydroxylation sites is 1. The Labute approximate surface area is 348 Å². The molecule has 3 heterocycles. The van der Waals surface area contributed by atoms with Crippen molar-refractivity contribution in [3.05, 3.63) is 229 Å². The number of aromatic nitrogens is 2. The number of benzene rings is 8. The zero-order valence-corrected chi connectivity index (χ0v) is 32.7. The zero-order valence-electron chi connectivity index (χ0n) is 32.7. The van der Waals surface area contributed by atoms with E-state index in [0.717, 1.165) is 77.7 Å². The van der Waals surface area contributed by atoms with Crippen LogP contribution < -0.4 is 10.6 Å². The highest BCUT2D eigenvalue weighted by Crippen LogP contribution is 2.37. The van der Waals surface area contributed by atoms with Gasteiger partial charge in [0, 0.05) is 34.3 Å². The van der Waals surface area contributed by atoms with Gasteiger partial charge in [-0.05, 0) is 91.0 Å². The molecule has 0 radical (unpaired) electrons. The molecule has 0 amide bonds. The molecule has 2 N–H and O–H groups in total. The van der Waals surface area contributed by atoms with Gasteiger partial charge in [-0.1, -0.05) is 170 Å². The third-order valence-corrected chi connectivity index (χ3v) is 11.6. The quantitative estimate of drug-likeness (QED) is 0.159. The number of rotatable bonds is 7. The molecule has 5 nitrogen and oxygen atoms in total. The molecule has 2 aromatic heterocycles. The van der Waals surface area contributed by atoms with E-state index in [1.54, 1.807) is 0 Å². The fraction of sp³-hybridized carbons (Fsp3) is 0.0364. The van der Waals surface area contributed by atoms with Crippen LogP contribution in [-0.4, -0.2) is 15.8 Å². The normalized spacial score (nSPS) is 15.2. The first-order chi connectivity index (χ1) is 29.7. The highest BCUT2D eigenvalue weighted by molar-refractivity contribution is 6.10. The highest BCUT2D eigenvalue weighted by atomic mass is 15.3. The smallest absolute Gasteiger partial charge is 0.131 e. The summed E-state index contributed by atoms with van der Waals surface area (Å²) in [5, 5.41) is 13.3. The van der Waals surface area contributed by atoms with Crippen molar-refractivity contribution in [1.82, 2.24) is 20.6 Å². The molecule has 10 aromatic rings. The predicted molar refractivity (Wildman–Crippen MR) is 247 cm³/mol. The lowest BCUT2D eigenvalue weighted by molar-refractivity contribution is 0.409. The molecule has 8 aromatic carbocycles. The van der Waals surface area contributed by atoms with Crippen LogP contribution >= 0.6 is 0 Å². The van der Waals surface area contributed by atoms with Crippen molar-refractivity contribution in [2.75, 3.05) is 0 Å². The monoisotopic (exact) mass is 769 g/mol. The van der Waals surface area contributed by atoms with E-state index in [0.29, 0.717) is 0 Å². The number of aliphatic imine (C=N–C) groups is 1. The van der Waals surface area contributed by atoms with Crippen LogP contribution in [-0.2, 0) is 0 Å². The van der Waals surface area contributed by atoms with E-state index in [4.69, 9.17) is 9.98 Å². The maximum absolute atomic E-state index is 5.34. The summed E-state index contributed by atoms with van der Waals surface area (Å²) in [6.07, 6.45) is 3.32. The van der Waals surface area contributed by atoms with Crippen LogP contribution in [0.2, 0.25) is 0 Å². The van der Waals surface area contributed by atoms with Gasteiger partial charge in [0.25, 0.3) is 0 Å². The first-order valence-electron chi connectivity index (χ1n) is 20.4. The van der Waals surface area contributed by atoms with Crippen LogP contribution in [0.1, 0.15) is 29.0 Å². The van der Waals surface area contributed by atoms with Crippen molar-refractivity contribution in [3.8, 4) is 44.6 Å². The molecule has 1 aliphatic rings. The average molecular weight is 770 g/mol. The lowest BCUT2D eigenvalue weighted by Gasteiger charge is -2.32. The van der Waals surface area contributed by atoms with Gasteiger partial charge in [0.1, 0.15) is 18.2 Å². The standard InChI is InChI=1S/C55H39N5/c1-3-13-41(14-4-1)53-58-54(42-15-5-2-6-16-42)60-55(59-53)45-33-43(36-22-26-39(27-23-36)47-20-11-17-38-12-7-8-18-46(38)47)32-44(34-45)37-24-28-40(29-25-37)52-50-35-56-31-30-48(50)49-19-9-10-21-51(49)57-52/h1-35,53,55,59H,(H,58,60). The molecular weight excluding hydrogens is 731 g/mol. The molecule has 2 unspecified atom stereocenters. The molecule has 0 fully saturated rings. The minimum absolute atomic E-state index is 0.144. The summed E-state index contributed by atoms with van der Waals surface area (Å²) in [5.74, 6) is 0.855. The van der Waals surface area contributed by atoms with Gasteiger partial charge >= 0.3 is 0 Å². The largest absolute Gasteiger partial charge is 0.350 e. The van der Waals surface area contributed by atoms with E-state index >= 15 is 0 Å². The molecule has 0 saturated carbocycles. The lowest BCUT2D eigenvalue weighted by Crippen LogP contribution is -2.44. The van der Waals surface area contributed by atoms with Crippen molar-refractivity contribution in [1.29, 1.82) is 0 Å². The van der Waals surface area contributed by atoms with Gasteiger partial charge in [-0.2, -0.15) is 0 Å². The Morgan fingerprint density at radius 2 is 1.05 bits per heavy atom. The summed E-state index contributed by atoms with van der Waals surface area (Å²) < 4.78 is 0. The molecule has 2 atom stereocenters. The van der Waals surface area contributed by atoms with Crippen LogP contribution in [0.15, 0.2) is 218 Å². The summed E-state index contributed by atoms with van der Waals surface area (Å²) in [5.41, 5.74) is 13.1. The predicted octanol–water partition coefficient (Wildman–Crippen LogP) is 12.9. The fourth-order valence-electron chi connectivity index (χ4n) is 8.59. The molecule has 5 heteroatoms. The second-order valence-electron chi connectivity index (χ2n) is 15.3. The van der Waals surface area contributed by atoms with Gasteiger partial charge in [-0.25, -0.2) is 9.98 Å². The molecule has 284 valence electrons. The third-order valence-electron chi connectivity index (χ3n) is 11.6. The summed E-state index contributed by atoms with van der Waals surface area (Å²) in [6, 6.07) is 71.1. The van der Waals surface area contributed by atoms with Crippen molar-refractivity contribution in [2.24, 2.45) is 4.99 Å². The molecule has 60 heavy (non-hydrogen) atoms. The number of nitrogens with one attached hydrogen (secondary N) is 2. The number of fused-ring (bicyclic) bond motifs is 4. The fourth-order valence-corrected chi connectivity index (χ4v) is 8.59. The minimum atomic E-state index is -0.319. The Morgan fingerprint density at radius 3 is 1.82 bits per heavy atom. The maximum atomic E-state index is 5.34. The lowest BCUT2D eigenvalue weighted by atomic mass is 9.92. The average Bonchev–Trinajstić information content (AvgIpc) is 3.34. The van der Waals surface area contributed by atoms with Crippen molar-refractivity contribution >= 4 is 38.3 Å². The van der Waals surface area contributed by atoms with Crippen LogP contribution in [0, 0.1) is 0 Å². The minimum Gasteiger partial charge on any atom is -0.350 e. The number of nitrogens with zero attached hydrogens (tertiary/aromatic N) is 3. The van der Waals surface area contributed by atoms with E-state index in [1.807, 2.05) is 24.5 Å². The van der Waals surface area contributed by atoms with E-state index in [-0.39, 0.29) is 12.3 Å². The first kappa shape index (κ1) is 35.4. The van der Waals surface area contributed by atoms with Gasteiger partial charge in [0.05, 0.1) is 11.2 Å². The number of pyridine rings is 2. The van der Waals surface area contributed by atoms with Crippen LogP contribution in [0.3, 0.4) is 0 Å². The van der Waals surface area contributed by atoms with Crippen LogP contribution in [0.25, 0.3) is 77.1 Å². The second-order valence-corrected chi connectivity index (χ2v) is 15.3. The number of amidine groups is 1.